The molecule has 2 aliphatic rings. The van der Waals surface area contributed by atoms with Gasteiger partial charge in [-0.25, -0.2) is 19.2 Å². The highest BCUT2D eigenvalue weighted by atomic mass is 16.4. The molecule has 3 atom stereocenters. The van der Waals surface area contributed by atoms with Crippen LogP contribution in [0.2, 0.25) is 0 Å². The van der Waals surface area contributed by atoms with Crippen molar-refractivity contribution in [2.75, 3.05) is 19.6 Å². The largest absolute Gasteiger partial charge is 0.465 e. The predicted molar refractivity (Wildman–Crippen MR) is 240 cm³/mol. The number of aromatic amines is 2. The number of imidazole rings is 2. The number of nitrogens with zero attached hydrogens (tertiary/aromatic N) is 5. The smallest absolute Gasteiger partial charge is 0.408 e. The number of benzene rings is 5. The Morgan fingerprint density at radius 2 is 1.06 bits per heavy atom. The summed E-state index contributed by atoms with van der Waals surface area (Å²) < 4.78 is 3.66. The van der Waals surface area contributed by atoms with E-state index >= 15 is 0 Å². The molecule has 0 radical (unpaired) electrons. The lowest BCUT2D eigenvalue weighted by atomic mass is 9.83. The number of carbonyl (C=O) groups is 2. The fourth-order valence-electron chi connectivity index (χ4n) is 9.61. The number of para-hydroxylation sites is 4. The summed E-state index contributed by atoms with van der Waals surface area (Å²) in [6.45, 7) is 2.49. The Bertz CT molecular complexity index is 2640. The van der Waals surface area contributed by atoms with Crippen LogP contribution in [0.1, 0.15) is 60.9 Å². The van der Waals surface area contributed by atoms with Crippen molar-refractivity contribution < 1.29 is 19.8 Å². The molecule has 0 aliphatic carbocycles. The molecule has 4 N–H and O–H groups in total. The van der Waals surface area contributed by atoms with Gasteiger partial charge in [0.2, 0.25) is 0 Å². The molecule has 2 saturated heterocycles. The molecule has 320 valence electrons. The zero-order valence-electron chi connectivity index (χ0n) is 34.6. The van der Waals surface area contributed by atoms with Crippen molar-refractivity contribution in [2.24, 2.45) is 5.92 Å². The molecule has 9 rings (SSSR count). The minimum Gasteiger partial charge on any atom is -0.465 e. The van der Waals surface area contributed by atoms with Gasteiger partial charge in [0.05, 0.1) is 28.2 Å². The monoisotopic (exact) mass is 835 g/mol. The number of fused-ring (bicyclic) bond motifs is 2. The minimum atomic E-state index is -0.922. The van der Waals surface area contributed by atoms with Crippen molar-refractivity contribution in [3.8, 4) is 0 Å². The number of amides is 2. The van der Waals surface area contributed by atoms with E-state index in [2.05, 4.69) is 63.4 Å². The van der Waals surface area contributed by atoms with Gasteiger partial charge in [-0.2, -0.15) is 0 Å². The molecule has 13 nitrogen and oxygen atoms in total. The summed E-state index contributed by atoms with van der Waals surface area (Å²) in [5.41, 5.74) is 6.64. The molecular formula is C49H53N7O6. The Kier molecular flexibility index (Phi) is 13.0. The van der Waals surface area contributed by atoms with Crippen molar-refractivity contribution in [1.82, 2.24) is 33.8 Å². The molecule has 4 heterocycles. The number of aryl methyl sites for hydroxylation is 1. The first-order valence-corrected chi connectivity index (χ1v) is 21.5. The molecule has 0 bridgehead atoms. The summed E-state index contributed by atoms with van der Waals surface area (Å²) in [5.74, 6) is -0.113. The second-order valence-corrected chi connectivity index (χ2v) is 16.3. The number of rotatable bonds is 11. The zero-order chi connectivity index (χ0) is 43.0. The molecule has 0 spiro atoms. The Labute approximate surface area is 359 Å². The fraction of sp³-hybridized carbons (Fsp3) is 0.306. The van der Waals surface area contributed by atoms with E-state index in [1.807, 2.05) is 95.6 Å². The summed E-state index contributed by atoms with van der Waals surface area (Å²) >= 11 is 0. The van der Waals surface area contributed by atoms with Crippen LogP contribution in [0.3, 0.4) is 0 Å². The third kappa shape index (κ3) is 9.37. The maximum atomic E-state index is 13.5. The third-order valence-electron chi connectivity index (χ3n) is 12.5. The number of aromatic nitrogens is 4. The average molecular weight is 836 g/mol. The SMILES string of the molecule is O=C(O)N1CCC(n2c(=O)[nH]c3ccccc32)C(CCCc2ccccc2)[C@@H]1N(Cc1ccccc1)Cc1ccccc1.O=C(O)N1CCC(n2c(=O)[nH]c3ccccc32)CC1. The third-order valence-corrected chi connectivity index (χ3v) is 12.5. The maximum absolute atomic E-state index is 13.5. The van der Waals surface area contributed by atoms with Gasteiger partial charge in [-0.15, -0.1) is 0 Å². The molecule has 2 aliphatic heterocycles. The Balaban J connectivity index is 0.000000231. The van der Waals surface area contributed by atoms with Crippen molar-refractivity contribution in [2.45, 2.75) is 69.9 Å². The fourth-order valence-corrected chi connectivity index (χ4v) is 9.61. The summed E-state index contributed by atoms with van der Waals surface area (Å²) in [5, 5.41) is 19.5. The topological polar surface area (TPSA) is 160 Å². The number of hydrogen-bond acceptors (Lipinski definition) is 5. The van der Waals surface area contributed by atoms with Gasteiger partial charge in [-0.3, -0.25) is 18.9 Å². The van der Waals surface area contributed by atoms with Crippen LogP contribution in [0.5, 0.6) is 0 Å². The highest BCUT2D eigenvalue weighted by Crippen LogP contribution is 2.40. The van der Waals surface area contributed by atoms with Crippen LogP contribution in [0.15, 0.2) is 149 Å². The van der Waals surface area contributed by atoms with Crippen molar-refractivity contribution in [1.29, 1.82) is 0 Å². The molecule has 7 aromatic rings. The summed E-state index contributed by atoms with van der Waals surface area (Å²) in [4.78, 5) is 60.5. The number of likely N-dealkylation sites (tertiary alicyclic amines) is 2. The van der Waals surface area contributed by atoms with Crippen LogP contribution in [0, 0.1) is 5.92 Å². The van der Waals surface area contributed by atoms with Gasteiger partial charge in [0.15, 0.2) is 0 Å². The van der Waals surface area contributed by atoms with E-state index in [4.69, 9.17) is 5.11 Å². The second-order valence-electron chi connectivity index (χ2n) is 16.3. The van der Waals surface area contributed by atoms with E-state index in [1.54, 1.807) is 9.47 Å². The van der Waals surface area contributed by atoms with Crippen LogP contribution in [-0.4, -0.2) is 82.0 Å². The summed E-state index contributed by atoms with van der Waals surface area (Å²) in [6, 6.07) is 46.2. The molecule has 0 saturated carbocycles. The standard InChI is InChI=1S/C36H38N4O3.C13H15N3O3/c41-35-37-31-21-10-11-22-33(31)40(35)32-23-24-39(36(42)43)34(30(32)20-12-19-27-13-4-1-5-14-27)38(25-28-15-6-2-7-16-28)26-29-17-8-3-9-18-29;17-12-14-10-3-1-2-4-11(10)16(12)9-5-7-15(8-6-9)13(18)19/h1-11,13-18,21-22,30,32,34H,12,19-20,23-26H2,(H,37,41)(H,42,43);1-4,9H,5-8H2,(H,14,17)(H,18,19)/t30?,32?,34-;/m1./s1. The van der Waals surface area contributed by atoms with Crippen molar-refractivity contribution >= 4 is 34.3 Å². The van der Waals surface area contributed by atoms with Gasteiger partial charge in [0, 0.05) is 50.7 Å². The van der Waals surface area contributed by atoms with Gasteiger partial charge >= 0.3 is 23.6 Å². The van der Waals surface area contributed by atoms with Crippen molar-refractivity contribution in [3.63, 3.8) is 0 Å². The number of carboxylic acid groups (broad SMARTS) is 2. The average Bonchev–Trinajstić information content (AvgIpc) is 3.82. The first kappa shape index (κ1) is 41.9. The Morgan fingerprint density at radius 3 is 1.60 bits per heavy atom. The first-order valence-electron chi connectivity index (χ1n) is 21.5. The van der Waals surface area contributed by atoms with Crippen LogP contribution < -0.4 is 11.4 Å². The highest BCUT2D eigenvalue weighted by Gasteiger charge is 2.44. The number of hydrogen-bond donors (Lipinski definition) is 4. The summed E-state index contributed by atoms with van der Waals surface area (Å²) in [6.07, 6.45) is 2.25. The van der Waals surface area contributed by atoms with E-state index in [1.165, 1.54) is 10.5 Å². The van der Waals surface area contributed by atoms with Crippen LogP contribution in [0.4, 0.5) is 9.59 Å². The molecule has 5 aromatic carbocycles. The van der Waals surface area contributed by atoms with Crippen LogP contribution >= 0.6 is 0 Å². The molecule has 2 unspecified atom stereocenters. The summed E-state index contributed by atoms with van der Waals surface area (Å²) in [7, 11) is 0. The van der Waals surface area contributed by atoms with E-state index in [-0.39, 0.29) is 29.4 Å². The molecule has 2 amide bonds. The molecule has 2 aromatic heterocycles. The van der Waals surface area contributed by atoms with Gasteiger partial charge in [0.25, 0.3) is 0 Å². The lowest BCUT2D eigenvalue weighted by Crippen LogP contribution is -2.59. The van der Waals surface area contributed by atoms with Crippen LogP contribution in [0.25, 0.3) is 22.1 Å². The number of H-pyrrole nitrogens is 2. The van der Waals surface area contributed by atoms with Crippen LogP contribution in [-0.2, 0) is 19.5 Å². The molecular weight excluding hydrogens is 783 g/mol. The highest BCUT2D eigenvalue weighted by molar-refractivity contribution is 5.76. The van der Waals surface area contributed by atoms with E-state index < -0.39 is 18.4 Å². The molecule has 62 heavy (non-hydrogen) atoms. The quantitative estimate of drug-likeness (QED) is 0.102. The number of nitrogens with one attached hydrogen (secondary N) is 2. The minimum absolute atomic E-state index is 0.0687. The normalized spacial score (nSPS) is 18.2. The predicted octanol–water partition coefficient (Wildman–Crippen LogP) is 8.57. The second kappa shape index (κ2) is 19.2. The number of piperidine rings is 2. The van der Waals surface area contributed by atoms with E-state index in [0.717, 1.165) is 52.5 Å². The lowest BCUT2D eigenvalue weighted by molar-refractivity contribution is -0.0491. The van der Waals surface area contributed by atoms with Gasteiger partial charge in [0.1, 0.15) is 0 Å². The van der Waals surface area contributed by atoms with Gasteiger partial charge in [-0.05, 0) is 79.5 Å². The zero-order valence-corrected chi connectivity index (χ0v) is 34.6. The first-order chi connectivity index (χ1) is 30.2. The van der Waals surface area contributed by atoms with Gasteiger partial charge in [-0.1, -0.05) is 115 Å². The molecule has 13 heteroatoms. The Morgan fingerprint density at radius 1 is 0.581 bits per heavy atom. The van der Waals surface area contributed by atoms with Gasteiger partial charge < -0.3 is 25.1 Å². The van der Waals surface area contributed by atoms with E-state index in [0.29, 0.717) is 52.0 Å². The Hall–Kier alpha value is -6.86. The molecule has 2 fully saturated rings. The van der Waals surface area contributed by atoms with Crippen molar-refractivity contribution in [3.05, 3.63) is 177 Å². The maximum Gasteiger partial charge on any atom is 0.408 e. The van der Waals surface area contributed by atoms with E-state index in [9.17, 15) is 24.3 Å². The lowest BCUT2D eigenvalue weighted by Gasteiger charge is -2.49.